The second-order valence-corrected chi connectivity index (χ2v) is 7.16. The van der Waals surface area contributed by atoms with Crippen molar-refractivity contribution in [1.29, 1.82) is 0 Å². The summed E-state index contributed by atoms with van der Waals surface area (Å²) < 4.78 is 0. The smallest absolute Gasteiger partial charge is 0.317 e. The van der Waals surface area contributed by atoms with E-state index in [2.05, 4.69) is 5.32 Å². The molecule has 2 saturated heterocycles. The van der Waals surface area contributed by atoms with E-state index < -0.39 is 11.4 Å². The molecule has 0 aromatic heterocycles. The summed E-state index contributed by atoms with van der Waals surface area (Å²) in [5.74, 6) is 0.476. The van der Waals surface area contributed by atoms with Crippen LogP contribution in [0.3, 0.4) is 0 Å². The zero-order chi connectivity index (χ0) is 14.6. The number of carbonyl (C=O) groups excluding carboxylic acids is 1. The molecule has 2 amide bonds. The highest BCUT2D eigenvalue weighted by Crippen LogP contribution is 2.35. The average Bonchev–Trinajstić information content (AvgIpc) is 2.98. The standard InChI is InChI=1S/C14H24N2O3S/c1-2-14(12(17)18)5-7-16(8-6-14)13(19)15-10-11-4-3-9-20-11/h11H,2-10H2,1H3,(H,15,19)(H,17,18). The van der Waals surface area contributed by atoms with Gasteiger partial charge in [-0.1, -0.05) is 6.92 Å². The largest absolute Gasteiger partial charge is 0.481 e. The molecule has 2 heterocycles. The van der Waals surface area contributed by atoms with Gasteiger partial charge in [0, 0.05) is 24.9 Å². The Bertz CT molecular complexity index is 361. The third kappa shape index (κ3) is 3.40. The van der Waals surface area contributed by atoms with Gasteiger partial charge in [0.15, 0.2) is 0 Å². The molecule has 2 aliphatic rings. The zero-order valence-electron chi connectivity index (χ0n) is 12.1. The Balaban J connectivity index is 1.77. The molecule has 0 spiro atoms. The van der Waals surface area contributed by atoms with Crippen molar-refractivity contribution in [2.24, 2.45) is 5.41 Å². The van der Waals surface area contributed by atoms with E-state index in [1.54, 1.807) is 4.90 Å². The Morgan fingerprint density at radius 3 is 2.60 bits per heavy atom. The third-order valence-corrected chi connectivity index (χ3v) is 6.04. The number of nitrogens with one attached hydrogen (secondary N) is 1. The minimum atomic E-state index is -0.720. The summed E-state index contributed by atoms with van der Waals surface area (Å²) >= 11 is 1.93. The summed E-state index contributed by atoms with van der Waals surface area (Å²) in [5, 5.41) is 12.9. The number of amides is 2. The first-order valence-electron chi connectivity index (χ1n) is 7.45. The molecule has 5 nitrogen and oxygen atoms in total. The van der Waals surface area contributed by atoms with Crippen molar-refractivity contribution in [3.63, 3.8) is 0 Å². The summed E-state index contributed by atoms with van der Waals surface area (Å²) in [6, 6.07) is -0.0346. The predicted octanol–water partition coefficient (Wildman–Crippen LogP) is 2.17. The van der Waals surface area contributed by atoms with Crippen LogP contribution in [0.1, 0.15) is 39.0 Å². The predicted molar refractivity (Wildman–Crippen MR) is 80.0 cm³/mol. The fourth-order valence-electron chi connectivity index (χ4n) is 2.97. The quantitative estimate of drug-likeness (QED) is 0.835. The van der Waals surface area contributed by atoms with Gasteiger partial charge in [-0.2, -0.15) is 11.8 Å². The van der Waals surface area contributed by atoms with Gasteiger partial charge in [-0.3, -0.25) is 4.79 Å². The van der Waals surface area contributed by atoms with Crippen molar-refractivity contribution in [3.05, 3.63) is 0 Å². The number of carboxylic acid groups (broad SMARTS) is 1. The van der Waals surface area contributed by atoms with Crippen LogP contribution in [-0.4, -0.2) is 52.6 Å². The van der Waals surface area contributed by atoms with Gasteiger partial charge >= 0.3 is 12.0 Å². The lowest BCUT2D eigenvalue weighted by atomic mass is 9.76. The van der Waals surface area contributed by atoms with Crippen molar-refractivity contribution < 1.29 is 14.7 Å². The van der Waals surface area contributed by atoms with Crippen molar-refractivity contribution >= 4 is 23.8 Å². The van der Waals surface area contributed by atoms with E-state index >= 15 is 0 Å². The Labute approximate surface area is 124 Å². The lowest BCUT2D eigenvalue weighted by Crippen LogP contribution is -2.50. The first kappa shape index (κ1) is 15.5. The van der Waals surface area contributed by atoms with Crippen LogP contribution in [0.2, 0.25) is 0 Å². The molecular weight excluding hydrogens is 276 g/mol. The highest BCUT2D eigenvalue weighted by atomic mass is 32.2. The second-order valence-electron chi connectivity index (χ2n) is 5.75. The van der Waals surface area contributed by atoms with Gasteiger partial charge in [0.2, 0.25) is 0 Å². The number of piperidine rings is 1. The van der Waals surface area contributed by atoms with Crippen LogP contribution in [0.5, 0.6) is 0 Å². The normalized spacial score (nSPS) is 25.4. The number of thioether (sulfide) groups is 1. The van der Waals surface area contributed by atoms with E-state index in [1.165, 1.54) is 18.6 Å². The molecule has 2 N–H and O–H groups in total. The molecule has 1 unspecified atom stereocenters. The van der Waals surface area contributed by atoms with Gasteiger partial charge < -0.3 is 15.3 Å². The van der Waals surface area contributed by atoms with Crippen LogP contribution in [0.25, 0.3) is 0 Å². The van der Waals surface area contributed by atoms with Crippen LogP contribution in [-0.2, 0) is 4.79 Å². The van der Waals surface area contributed by atoms with Crippen molar-refractivity contribution in [1.82, 2.24) is 10.2 Å². The van der Waals surface area contributed by atoms with Gasteiger partial charge in [0.05, 0.1) is 5.41 Å². The SMILES string of the molecule is CCC1(C(=O)O)CCN(C(=O)NCC2CCCS2)CC1. The van der Waals surface area contributed by atoms with Gasteiger partial charge in [-0.15, -0.1) is 0 Å². The molecule has 0 radical (unpaired) electrons. The van der Waals surface area contributed by atoms with E-state index in [-0.39, 0.29) is 6.03 Å². The van der Waals surface area contributed by atoms with Gasteiger partial charge in [0.1, 0.15) is 0 Å². The van der Waals surface area contributed by atoms with Crippen LogP contribution in [0.4, 0.5) is 4.79 Å². The molecule has 0 saturated carbocycles. The van der Waals surface area contributed by atoms with Gasteiger partial charge in [0.25, 0.3) is 0 Å². The molecule has 0 aromatic carbocycles. The Kier molecular flexibility index (Phi) is 5.18. The van der Waals surface area contributed by atoms with Crippen LogP contribution < -0.4 is 5.32 Å². The molecule has 20 heavy (non-hydrogen) atoms. The van der Waals surface area contributed by atoms with E-state index in [9.17, 15) is 14.7 Å². The first-order valence-corrected chi connectivity index (χ1v) is 8.50. The van der Waals surface area contributed by atoms with Gasteiger partial charge in [-0.05, 0) is 37.9 Å². The molecular formula is C14H24N2O3S. The Morgan fingerprint density at radius 1 is 1.40 bits per heavy atom. The maximum absolute atomic E-state index is 12.1. The molecule has 0 bridgehead atoms. The lowest BCUT2D eigenvalue weighted by molar-refractivity contribution is -0.151. The molecule has 114 valence electrons. The van der Waals surface area contributed by atoms with Gasteiger partial charge in [-0.25, -0.2) is 4.79 Å². The monoisotopic (exact) mass is 300 g/mol. The number of urea groups is 1. The number of likely N-dealkylation sites (tertiary alicyclic amines) is 1. The number of hydrogen-bond acceptors (Lipinski definition) is 3. The van der Waals surface area contributed by atoms with E-state index in [1.807, 2.05) is 18.7 Å². The summed E-state index contributed by atoms with van der Waals surface area (Å²) in [6.45, 7) is 3.74. The van der Waals surface area contributed by atoms with Crippen molar-refractivity contribution in [3.8, 4) is 0 Å². The molecule has 6 heteroatoms. The van der Waals surface area contributed by atoms with Crippen LogP contribution >= 0.6 is 11.8 Å². The number of carbonyl (C=O) groups is 2. The Morgan fingerprint density at radius 2 is 2.10 bits per heavy atom. The number of nitrogens with zero attached hydrogens (tertiary/aromatic N) is 1. The van der Waals surface area contributed by atoms with E-state index in [0.717, 1.165) is 6.54 Å². The number of hydrogen-bond donors (Lipinski definition) is 2. The molecule has 0 aromatic rings. The molecule has 1 atom stereocenters. The molecule has 2 aliphatic heterocycles. The van der Waals surface area contributed by atoms with E-state index in [0.29, 0.717) is 37.6 Å². The van der Waals surface area contributed by atoms with Crippen molar-refractivity contribution in [2.45, 2.75) is 44.3 Å². The maximum atomic E-state index is 12.1. The lowest BCUT2D eigenvalue weighted by Gasteiger charge is -2.38. The second kappa shape index (κ2) is 6.70. The topological polar surface area (TPSA) is 69.6 Å². The number of rotatable bonds is 4. The minimum absolute atomic E-state index is 0.0346. The minimum Gasteiger partial charge on any atom is -0.481 e. The average molecular weight is 300 g/mol. The third-order valence-electron chi connectivity index (χ3n) is 4.64. The van der Waals surface area contributed by atoms with Crippen LogP contribution in [0, 0.1) is 5.41 Å². The maximum Gasteiger partial charge on any atom is 0.317 e. The first-order chi connectivity index (χ1) is 9.57. The number of aliphatic carboxylic acids is 1. The fraction of sp³-hybridized carbons (Fsp3) is 0.857. The fourth-order valence-corrected chi connectivity index (χ4v) is 4.18. The summed E-state index contributed by atoms with van der Waals surface area (Å²) in [4.78, 5) is 25.2. The molecule has 2 rings (SSSR count). The highest BCUT2D eigenvalue weighted by molar-refractivity contribution is 8.00. The molecule has 0 aliphatic carbocycles. The Hall–Kier alpha value is -0.910. The summed E-state index contributed by atoms with van der Waals surface area (Å²) in [6.07, 6.45) is 4.18. The zero-order valence-corrected chi connectivity index (χ0v) is 12.9. The summed E-state index contributed by atoms with van der Waals surface area (Å²) in [5.41, 5.74) is -0.627. The summed E-state index contributed by atoms with van der Waals surface area (Å²) in [7, 11) is 0. The molecule has 2 fully saturated rings. The highest BCUT2D eigenvalue weighted by Gasteiger charge is 2.40. The number of carboxylic acids is 1. The van der Waals surface area contributed by atoms with Crippen LogP contribution in [0.15, 0.2) is 0 Å². The van der Waals surface area contributed by atoms with Crippen molar-refractivity contribution in [2.75, 3.05) is 25.4 Å². The van der Waals surface area contributed by atoms with E-state index in [4.69, 9.17) is 0 Å².